The van der Waals surface area contributed by atoms with Crippen LogP contribution in [-0.4, -0.2) is 21.7 Å². The lowest BCUT2D eigenvalue weighted by atomic mass is 10.2. The van der Waals surface area contributed by atoms with Crippen LogP contribution in [-0.2, 0) is 0 Å². The Labute approximate surface area is 121 Å². The molecule has 0 aliphatic rings. The molecule has 5 nitrogen and oxygen atoms in total. The van der Waals surface area contributed by atoms with E-state index in [2.05, 4.69) is 21.7 Å². The predicted octanol–water partition coefficient (Wildman–Crippen LogP) is 3.36. The highest BCUT2D eigenvalue weighted by atomic mass is 16.5. The van der Waals surface area contributed by atoms with E-state index in [1.54, 1.807) is 18.5 Å². The normalized spacial score (nSPS) is 10.3. The zero-order valence-corrected chi connectivity index (χ0v) is 11.3. The maximum atomic E-state index is 5.49. The van der Waals surface area contributed by atoms with Gasteiger partial charge in [0.05, 0.1) is 0 Å². The van der Waals surface area contributed by atoms with Gasteiger partial charge in [0.15, 0.2) is 0 Å². The maximum Gasteiger partial charge on any atom is 0.258 e. The highest BCUT2D eigenvalue weighted by molar-refractivity contribution is 5.60. The first-order chi connectivity index (χ1) is 10.4. The molecule has 0 atom stereocenters. The van der Waals surface area contributed by atoms with Crippen molar-refractivity contribution in [1.82, 2.24) is 15.1 Å². The minimum absolute atomic E-state index is 0.450. The van der Waals surface area contributed by atoms with Crippen molar-refractivity contribution in [2.24, 2.45) is 0 Å². The maximum absolute atomic E-state index is 5.49. The van der Waals surface area contributed by atoms with Crippen LogP contribution < -0.4 is 4.74 Å². The van der Waals surface area contributed by atoms with Gasteiger partial charge >= 0.3 is 0 Å². The van der Waals surface area contributed by atoms with Crippen LogP contribution >= 0.6 is 0 Å². The van der Waals surface area contributed by atoms with Crippen LogP contribution in [0.15, 0.2) is 66.0 Å². The first-order valence-electron chi connectivity index (χ1n) is 6.45. The summed E-state index contributed by atoms with van der Waals surface area (Å²) in [5, 5.41) is 3.98. The lowest BCUT2D eigenvalue weighted by molar-refractivity contribution is 0.363. The minimum Gasteiger partial charge on any atom is -0.490 e. The molecular formula is C16H13N3O2. The summed E-state index contributed by atoms with van der Waals surface area (Å²) in [4.78, 5) is 8.36. The summed E-state index contributed by atoms with van der Waals surface area (Å²) in [5.41, 5.74) is 1.67. The van der Waals surface area contributed by atoms with Gasteiger partial charge in [0.25, 0.3) is 5.89 Å². The molecule has 0 bridgehead atoms. The number of pyridine rings is 1. The molecule has 3 rings (SSSR count). The fourth-order valence-corrected chi connectivity index (χ4v) is 1.83. The number of hydrogen-bond donors (Lipinski definition) is 0. The quantitative estimate of drug-likeness (QED) is 0.670. The monoisotopic (exact) mass is 279 g/mol. The smallest absolute Gasteiger partial charge is 0.258 e. The van der Waals surface area contributed by atoms with Gasteiger partial charge < -0.3 is 9.26 Å². The van der Waals surface area contributed by atoms with Gasteiger partial charge in [0, 0.05) is 23.5 Å². The molecule has 0 saturated heterocycles. The average molecular weight is 279 g/mol. The van der Waals surface area contributed by atoms with Gasteiger partial charge in [-0.25, -0.2) is 0 Å². The van der Waals surface area contributed by atoms with E-state index >= 15 is 0 Å². The fourth-order valence-electron chi connectivity index (χ4n) is 1.83. The van der Waals surface area contributed by atoms with Crippen LogP contribution in [0.25, 0.3) is 22.8 Å². The summed E-state index contributed by atoms with van der Waals surface area (Å²) in [7, 11) is 0. The van der Waals surface area contributed by atoms with E-state index in [4.69, 9.17) is 9.26 Å². The summed E-state index contributed by atoms with van der Waals surface area (Å²) < 4.78 is 10.8. The molecule has 0 fully saturated rings. The molecule has 2 aromatic heterocycles. The lowest BCUT2D eigenvalue weighted by Crippen LogP contribution is -1.92. The molecule has 2 heterocycles. The number of rotatable bonds is 5. The summed E-state index contributed by atoms with van der Waals surface area (Å²) in [6, 6.07) is 11.2. The van der Waals surface area contributed by atoms with Crippen molar-refractivity contribution in [3.63, 3.8) is 0 Å². The second-order valence-corrected chi connectivity index (χ2v) is 4.29. The Morgan fingerprint density at radius 1 is 1.14 bits per heavy atom. The number of benzene rings is 1. The Kier molecular flexibility index (Phi) is 3.73. The molecule has 0 saturated carbocycles. The van der Waals surface area contributed by atoms with Gasteiger partial charge in [-0.05, 0) is 30.3 Å². The zero-order chi connectivity index (χ0) is 14.5. The molecule has 0 unspecified atom stereocenters. The lowest BCUT2D eigenvalue weighted by Gasteiger charge is -2.03. The molecule has 0 amide bonds. The third-order valence-electron chi connectivity index (χ3n) is 2.81. The van der Waals surface area contributed by atoms with E-state index < -0.39 is 0 Å². The molecule has 0 radical (unpaired) electrons. The van der Waals surface area contributed by atoms with Gasteiger partial charge in [0.2, 0.25) is 5.82 Å². The van der Waals surface area contributed by atoms with Crippen LogP contribution in [0, 0.1) is 0 Å². The topological polar surface area (TPSA) is 61.0 Å². The van der Waals surface area contributed by atoms with E-state index in [1.165, 1.54) is 0 Å². The summed E-state index contributed by atoms with van der Waals surface area (Å²) in [5.74, 6) is 1.71. The van der Waals surface area contributed by atoms with Crippen molar-refractivity contribution < 1.29 is 9.26 Å². The van der Waals surface area contributed by atoms with Crippen molar-refractivity contribution in [3.8, 4) is 28.6 Å². The van der Waals surface area contributed by atoms with Crippen molar-refractivity contribution in [2.45, 2.75) is 0 Å². The van der Waals surface area contributed by atoms with Crippen LogP contribution in [0.2, 0.25) is 0 Å². The number of hydrogen-bond acceptors (Lipinski definition) is 5. The Bertz CT molecular complexity index is 738. The van der Waals surface area contributed by atoms with Crippen LogP contribution in [0.3, 0.4) is 0 Å². The van der Waals surface area contributed by atoms with Gasteiger partial charge in [-0.1, -0.05) is 23.9 Å². The molecule has 0 spiro atoms. The van der Waals surface area contributed by atoms with Gasteiger partial charge in [0.1, 0.15) is 12.4 Å². The Morgan fingerprint density at radius 3 is 2.81 bits per heavy atom. The van der Waals surface area contributed by atoms with Crippen molar-refractivity contribution in [2.75, 3.05) is 6.61 Å². The van der Waals surface area contributed by atoms with Crippen molar-refractivity contribution in [1.29, 1.82) is 0 Å². The number of ether oxygens (including phenoxy) is 1. The first-order valence-corrected chi connectivity index (χ1v) is 6.45. The number of aromatic nitrogens is 3. The SMILES string of the molecule is C=CCOc1cccc(-c2nc(-c3ccncc3)no2)c1. The highest BCUT2D eigenvalue weighted by Gasteiger charge is 2.11. The Morgan fingerprint density at radius 2 is 2.00 bits per heavy atom. The largest absolute Gasteiger partial charge is 0.490 e. The summed E-state index contributed by atoms with van der Waals surface area (Å²) in [6.45, 7) is 4.08. The molecular weight excluding hydrogens is 266 g/mol. The average Bonchev–Trinajstić information content (AvgIpc) is 3.04. The van der Waals surface area contributed by atoms with Crippen molar-refractivity contribution >= 4 is 0 Å². The van der Waals surface area contributed by atoms with E-state index in [-0.39, 0.29) is 0 Å². The highest BCUT2D eigenvalue weighted by Crippen LogP contribution is 2.24. The molecule has 0 aliphatic carbocycles. The van der Waals surface area contributed by atoms with Crippen LogP contribution in [0.5, 0.6) is 5.75 Å². The first kappa shape index (κ1) is 13.1. The zero-order valence-electron chi connectivity index (χ0n) is 11.3. The van der Waals surface area contributed by atoms with Gasteiger partial charge in [-0.2, -0.15) is 4.98 Å². The molecule has 5 heteroatoms. The second-order valence-electron chi connectivity index (χ2n) is 4.29. The fraction of sp³-hybridized carbons (Fsp3) is 0.0625. The van der Waals surface area contributed by atoms with E-state index in [0.717, 1.165) is 16.9 Å². The predicted molar refractivity (Wildman–Crippen MR) is 78.7 cm³/mol. The Balaban J connectivity index is 1.88. The minimum atomic E-state index is 0.450. The molecule has 1 aromatic carbocycles. The molecule has 0 aliphatic heterocycles. The second kappa shape index (κ2) is 6.00. The molecule has 104 valence electrons. The Hall–Kier alpha value is -2.95. The molecule has 21 heavy (non-hydrogen) atoms. The third-order valence-corrected chi connectivity index (χ3v) is 2.81. The third kappa shape index (κ3) is 2.97. The van der Waals surface area contributed by atoms with Crippen LogP contribution in [0.1, 0.15) is 0 Å². The summed E-state index contributed by atoms with van der Waals surface area (Å²) >= 11 is 0. The van der Waals surface area contributed by atoms with Crippen molar-refractivity contribution in [3.05, 3.63) is 61.4 Å². The van der Waals surface area contributed by atoms with E-state index in [9.17, 15) is 0 Å². The van der Waals surface area contributed by atoms with Crippen LogP contribution in [0.4, 0.5) is 0 Å². The standard InChI is InChI=1S/C16H13N3O2/c1-2-10-20-14-5-3-4-13(11-14)16-18-15(19-21-16)12-6-8-17-9-7-12/h2-9,11H,1,10H2. The van der Waals surface area contributed by atoms with Gasteiger partial charge in [-0.15, -0.1) is 0 Å². The molecule has 0 N–H and O–H groups in total. The summed E-state index contributed by atoms with van der Waals surface area (Å²) in [6.07, 6.45) is 5.07. The van der Waals surface area contributed by atoms with E-state index in [1.807, 2.05) is 36.4 Å². The van der Waals surface area contributed by atoms with Gasteiger partial charge in [-0.3, -0.25) is 4.98 Å². The number of nitrogens with zero attached hydrogens (tertiary/aromatic N) is 3. The molecule has 3 aromatic rings. The van der Waals surface area contributed by atoms with E-state index in [0.29, 0.717) is 18.3 Å².